The second-order valence-electron chi connectivity index (χ2n) is 5.61. The Morgan fingerprint density at radius 1 is 1.21 bits per heavy atom. The van der Waals surface area contributed by atoms with Crippen molar-refractivity contribution in [3.05, 3.63) is 17.2 Å². The Balaban J connectivity index is 2.07. The molecular formula is C15H21ClN2O5S. The van der Waals surface area contributed by atoms with Crippen LogP contribution in [0.1, 0.15) is 12.8 Å². The van der Waals surface area contributed by atoms with E-state index in [1.54, 1.807) is 12.1 Å². The summed E-state index contributed by atoms with van der Waals surface area (Å²) in [6.07, 6.45) is 2.13. The number of carbonyl (C=O) groups is 1. The number of sulfonamides is 1. The van der Waals surface area contributed by atoms with Crippen LogP contribution in [0.5, 0.6) is 11.5 Å². The lowest BCUT2D eigenvalue weighted by Crippen LogP contribution is -2.40. The SMILES string of the molecule is COc1cc(OC)c(NC(=O)C2CCN(S(C)(=O)=O)CC2)cc1Cl. The van der Waals surface area contributed by atoms with Gasteiger partial charge in [-0.25, -0.2) is 12.7 Å². The number of rotatable bonds is 5. The van der Waals surface area contributed by atoms with Crippen LogP contribution in [0.25, 0.3) is 0 Å². The van der Waals surface area contributed by atoms with Gasteiger partial charge in [0.25, 0.3) is 0 Å². The van der Waals surface area contributed by atoms with Crippen LogP contribution in [0.15, 0.2) is 12.1 Å². The van der Waals surface area contributed by atoms with Gasteiger partial charge < -0.3 is 14.8 Å². The van der Waals surface area contributed by atoms with Gasteiger partial charge >= 0.3 is 0 Å². The number of piperidine rings is 1. The molecule has 0 unspecified atom stereocenters. The monoisotopic (exact) mass is 376 g/mol. The van der Waals surface area contributed by atoms with Gasteiger partial charge in [0.2, 0.25) is 15.9 Å². The fraction of sp³-hybridized carbons (Fsp3) is 0.533. The first-order valence-electron chi connectivity index (χ1n) is 7.43. The molecule has 0 spiro atoms. The molecule has 1 N–H and O–H groups in total. The molecule has 24 heavy (non-hydrogen) atoms. The molecule has 1 aromatic carbocycles. The molecule has 1 saturated heterocycles. The lowest BCUT2D eigenvalue weighted by Gasteiger charge is -2.29. The summed E-state index contributed by atoms with van der Waals surface area (Å²) in [4.78, 5) is 12.4. The standard InChI is InChI=1S/C15H21ClN2O5S/c1-22-13-9-14(23-2)12(8-11(13)16)17-15(19)10-4-6-18(7-5-10)24(3,20)21/h8-10H,4-7H2,1-3H3,(H,17,19). The Bertz CT molecular complexity index is 715. The third-order valence-electron chi connectivity index (χ3n) is 4.03. The summed E-state index contributed by atoms with van der Waals surface area (Å²) in [6.45, 7) is 0.689. The predicted molar refractivity (Wildman–Crippen MR) is 92.3 cm³/mol. The number of amides is 1. The van der Waals surface area contributed by atoms with Crippen LogP contribution in [0.4, 0.5) is 5.69 Å². The number of nitrogens with one attached hydrogen (secondary N) is 1. The molecule has 1 aliphatic heterocycles. The lowest BCUT2D eigenvalue weighted by atomic mass is 9.97. The highest BCUT2D eigenvalue weighted by molar-refractivity contribution is 7.88. The van der Waals surface area contributed by atoms with Gasteiger partial charge in [0.15, 0.2) is 0 Å². The fourth-order valence-corrected chi connectivity index (χ4v) is 3.76. The van der Waals surface area contributed by atoms with E-state index in [1.165, 1.54) is 24.8 Å². The molecule has 0 aliphatic carbocycles. The van der Waals surface area contributed by atoms with E-state index in [0.29, 0.717) is 48.1 Å². The van der Waals surface area contributed by atoms with Crippen molar-refractivity contribution in [3.8, 4) is 11.5 Å². The summed E-state index contributed by atoms with van der Waals surface area (Å²) < 4.78 is 34.8. The number of benzene rings is 1. The maximum Gasteiger partial charge on any atom is 0.227 e. The second-order valence-corrected chi connectivity index (χ2v) is 8.00. The molecule has 2 rings (SSSR count). The fourth-order valence-electron chi connectivity index (χ4n) is 2.64. The van der Waals surface area contributed by atoms with E-state index in [4.69, 9.17) is 21.1 Å². The summed E-state index contributed by atoms with van der Waals surface area (Å²) in [5.41, 5.74) is 0.457. The smallest absolute Gasteiger partial charge is 0.227 e. The Morgan fingerprint density at radius 3 is 2.29 bits per heavy atom. The van der Waals surface area contributed by atoms with Crippen molar-refractivity contribution in [1.82, 2.24) is 4.31 Å². The van der Waals surface area contributed by atoms with E-state index in [0.717, 1.165) is 0 Å². The lowest BCUT2D eigenvalue weighted by molar-refractivity contribution is -0.120. The number of nitrogens with zero attached hydrogens (tertiary/aromatic N) is 1. The van der Waals surface area contributed by atoms with Crippen LogP contribution in [0.2, 0.25) is 5.02 Å². The summed E-state index contributed by atoms with van der Waals surface area (Å²) in [5.74, 6) is 0.461. The normalized spacial score (nSPS) is 16.7. The molecule has 9 heteroatoms. The maximum atomic E-state index is 12.4. The molecule has 1 heterocycles. The molecule has 1 aliphatic rings. The number of carbonyl (C=O) groups excluding carboxylic acids is 1. The topological polar surface area (TPSA) is 84.9 Å². The van der Waals surface area contributed by atoms with Crippen LogP contribution in [0.3, 0.4) is 0 Å². The molecule has 0 aromatic heterocycles. The van der Waals surface area contributed by atoms with Crippen LogP contribution >= 0.6 is 11.6 Å². The molecule has 134 valence electrons. The second kappa shape index (κ2) is 7.58. The van der Waals surface area contributed by atoms with Gasteiger partial charge in [0.05, 0.1) is 31.2 Å². The van der Waals surface area contributed by atoms with Crippen molar-refractivity contribution in [2.24, 2.45) is 5.92 Å². The summed E-state index contributed by atoms with van der Waals surface area (Å²) >= 11 is 6.09. The third kappa shape index (κ3) is 4.31. The van der Waals surface area contributed by atoms with Crippen LogP contribution in [0, 0.1) is 5.92 Å². The van der Waals surface area contributed by atoms with Gasteiger partial charge in [-0.3, -0.25) is 4.79 Å². The average molecular weight is 377 g/mol. The first-order chi connectivity index (χ1) is 11.3. The highest BCUT2D eigenvalue weighted by Gasteiger charge is 2.29. The van der Waals surface area contributed by atoms with Crippen molar-refractivity contribution in [1.29, 1.82) is 0 Å². The van der Waals surface area contributed by atoms with Gasteiger partial charge in [0, 0.05) is 25.1 Å². The van der Waals surface area contributed by atoms with E-state index in [9.17, 15) is 13.2 Å². The zero-order valence-corrected chi connectivity index (χ0v) is 15.4. The number of halogens is 1. The Hall–Kier alpha value is -1.51. The largest absolute Gasteiger partial charge is 0.495 e. The van der Waals surface area contributed by atoms with Crippen LogP contribution < -0.4 is 14.8 Å². The average Bonchev–Trinajstić information content (AvgIpc) is 2.54. The zero-order chi connectivity index (χ0) is 17.9. The van der Waals surface area contributed by atoms with Crippen molar-refractivity contribution >= 4 is 33.2 Å². The van der Waals surface area contributed by atoms with E-state index in [2.05, 4.69) is 5.32 Å². The van der Waals surface area contributed by atoms with Crippen LogP contribution in [-0.2, 0) is 14.8 Å². The molecule has 0 atom stereocenters. The van der Waals surface area contributed by atoms with Crippen molar-refractivity contribution in [3.63, 3.8) is 0 Å². The molecule has 7 nitrogen and oxygen atoms in total. The number of anilines is 1. The van der Waals surface area contributed by atoms with Crippen molar-refractivity contribution in [2.45, 2.75) is 12.8 Å². The summed E-state index contributed by atoms with van der Waals surface area (Å²) in [7, 11) is -0.224. The maximum absolute atomic E-state index is 12.4. The number of ether oxygens (including phenoxy) is 2. The molecule has 0 saturated carbocycles. The van der Waals surface area contributed by atoms with Crippen LogP contribution in [-0.4, -0.2) is 52.2 Å². The predicted octanol–water partition coefficient (Wildman–Crippen LogP) is 1.97. The number of hydrogen-bond acceptors (Lipinski definition) is 5. The minimum Gasteiger partial charge on any atom is -0.495 e. The molecule has 1 aromatic rings. The first-order valence-corrected chi connectivity index (χ1v) is 9.66. The molecule has 0 bridgehead atoms. The molecule has 1 amide bonds. The molecule has 1 fully saturated rings. The highest BCUT2D eigenvalue weighted by atomic mass is 35.5. The number of methoxy groups -OCH3 is 2. The van der Waals surface area contributed by atoms with Crippen molar-refractivity contribution < 1.29 is 22.7 Å². The quantitative estimate of drug-likeness (QED) is 0.849. The van der Waals surface area contributed by atoms with Gasteiger partial charge in [-0.1, -0.05) is 11.6 Å². The first kappa shape index (κ1) is 18.8. The van der Waals surface area contributed by atoms with Gasteiger partial charge in [-0.2, -0.15) is 0 Å². The number of hydrogen-bond donors (Lipinski definition) is 1. The highest BCUT2D eigenvalue weighted by Crippen LogP contribution is 2.36. The Morgan fingerprint density at radius 2 is 1.79 bits per heavy atom. The van der Waals surface area contributed by atoms with Gasteiger partial charge in [-0.05, 0) is 18.9 Å². The van der Waals surface area contributed by atoms with E-state index < -0.39 is 10.0 Å². The minimum atomic E-state index is -3.21. The van der Waals surface area contributed by atoms with E-state index in [-0.39, 0.29) is 11.8 Å². The molecular weight excluding hydrogens is 356 g/mol. The van der Waals surface area contributed by atoms with Gasteiger partial charge in [-0.15, -0.1) is 0 Å². The van der Waals surface area contributed by atoms with Gasteiger partial charge in [0.1, 0.15) is 11.5 Å². The zero-order valence-electron chi connectivity index (χ0n) is 13.8. The Labute approximate surface area is 146 Å². The summed E-state index contributed by atoms with van der Waals surface area (Å²) in [6, 6.07) is 3.17. The minimum absolute atomic E-state index is 0.178. The molecule has 0 radical (unpaired) electrons. The van der Waals surface area contributed by atoms with E-state index >= 15 is 0 Å². The Kier molecular flexibility index (Phi) is 5.95. The van der Waals surface area contributed by atoms with Crippen molar-refractivity contribution in [2.75, 3.05) is 38.9 Å². The van der Waals surface area contributed by atoms with E-state index in [1.807, 2.05) is 0 Å². The summed E-state index contributed by atoms with van der Waals surface area (Å²) in [5, 5.41) is 3.17. The third-order valence-corrected chi connectivity index (χ3v) is 5.62.